The summed E-state index contributed by atoms with van der Waals surface area (Å²) in [5, 5.41) is 3.71. The van der Waals surface area contributed by atoms with Crippen LogP contribution in [0.25, 0.3) is 0 Å². The SMILES string of the molecule is CC(CCCBr)NC(=O)c1c[nH]ccc1=O. The maximum Gasteiger partial charge on any atom is 0.256 e. The molecule has 0 bridgehead atoms. The third kappa shape index (κ3) is 3.81. The number of halogens is 1. The summed E-state index contributed by atoms with van der Waals surface area (Å²) in [4.78, 5) is 25.8. The van der Waals surface area contributed by atoms with Crippen molar-refractivity contribution in [3.05, 3.63) is 34.2 Å². The van der Waals surface area contributed by atoms with Crippen molar-refractivity contribution in [2.45, 2.75) is 25.8 Å². The number of aromatic nitrogens is 1. The Morgan fingerprint density at radius 3 is 3.00 bits per heavy atom. The molecule has 1 atom stereocenters. The second-order valence-electron chi connectivity index (χ2n) is 3.63. The van der Waals surface area contributed by atoms with Crippen LogP contribution in [0.15, 0.2) is 23.3 Å². The Morgan fingerprint density at radius 1 is 1.62 bits per heavy atom. The predicted molar refractivity (Wildman–Crippen MR) is 67.0 cm³/mol. The minimum Gasteiger partial charge on any atom is -0.367 e. The van der Waals surface area contributed by atoms with Gasteiger partial charge in [0.05, 0.1) is 0 Å². The number of aromatic amines is 1. The lowest BCUT2D eigenvalue weighted by atomic mass is 10.2. The first kappa shape index (κ1) is 13.0. The Hall–Kier alpha value is -1.10. The average molecular weight is 287 g/mol. The molecule has 4 nitrogen and oxygen atoms in total. The van der Waals surface area contributed by atoms with Gasteiger partial charge >= 0.3 is 0 Å². The van der Waals surface area contributed by atoms with E-state index in [1.54, 1.807) is 0 Å². The Bertz CT molecular complexity index is 403. The van der Waals surface area contributed by atoms with Crippen molar-refractivity contribution < 1.29 is 4.79 Å². The number of rotatable bonds is 5. The third-order valence-corrected chi connectivity index (χ3v) is 2.78. The van der Waals surface area contributed by atoms with Gasteiger partial charge in [0, 0.05) is 29.8 Å². The number of hydrogen-bond acceptors (Lipinski definition) is 2. The van der Waals surface area contributed by atoms with Gasteiger partial charge in [0.15, 0.2) is 5.43 Å². The molecule has 1 amide bonds. The summed E-state index contributed by atoms with van der Waals surface area (Å²) in [5.41, 5.74) is -0.0999. The van der Waals surface area contributed by atoms with Gasteiger partial charge in [-0.2, -0.15) is 0 Å². The fraction of sp³-hybridized carbons (Fsp3) is 0.455. The third-order valence-electron chi connectivity index (χ3n) is 2.22. The first-order chi connectivity index (χ1) is 7.65. The van der Waals surface area contributed by atoms with E-state index in [2.05, 4.69) is 26.2 Å². The topological polar surface area (TPSA) is 62.0 Å². The molecule has 0 aliphatic rings. The molecule has 0 saturated carbocycles. The summed E-state index contributed by atoms with van der Waals surface area (Å²) in [5.74, 6) is -0.316. The maximum atomic E-state index is 11.7. The highest BCUT2D eigenvalue weighted by Gasteiger charge is 2.11. The standard InChI is InChI=1S/C11H15BrN2O2/c1-8(3-2-5-12)14-11(16)9-7-13-6-4-10(9)15/h4,6-8H,2-3,5H2,1H3,(H,13,15)(H,14,16). The normalized spacial score (nSPS) is 12.1. The molecule has 2 N–H and O–H groups in total. The lowest BCUT2D eigenvalue weighted by Gasteiger charge is -2.12. The average Bonchev–Trinajstić information content (AvgIpc) is 2.26. The van der Waals surface area contributed by atoms with Crippen LogP contribution in [0.3, 0.4) is 0 Å². The Balaban J connectivity index is 2.59. The number of pyridine rings is 1. The number of alkyl halides is 1. The molecule has 0 radical (unpaired) electrons. The molecule has 88 valence electrons. The summed E-state index contributed by atoms with van der Waals surface area (Å²) >= 11 is 3.33. The minimum absolute atomic E-state index is 0.0738. The summed E-state index contributed by atoms with van der Waals surface area (Å²) < 4.78 is 0. The van der Waals surface area contributed by atoms with Crippen LogP contribution in [-0.4, -0.2) is 22.3 Å². The quantitative estimate of drug-likeness (QED) is 0.809. The van der Waals surface area contributed by atoms with Crippen molar-refractivity contribution in [1.29, 1.82) is 0 Å². The lowest BCUT2D eigenvalue weighted by molar-refractivity contribution is 0.0937. The van der Waals surface area contributed by atoms with E-state index in [0.29, 0.717) is 0 Å². The highest BCUT2D eigenvalue weighted by molar-refractivity contribution is 9.09. The molecule has 5 heteroatoms. The molecule has 0 aromatic carbocycles. The minimum atomic E-state index is -0.316. The molecule has 0 aliphatic carbocycles. The summed E-state index contributed by atoms with van der Waals surface area (Å²) in [7, 11) is 0. The molecule has 1 rings (SSSR count). The lowest BCUT2D eigenvalue weighted by Crippen LogP contribution is -2.35. The van der Waals surface area contributed by atoms with Crippen molar-refractivity contribution in [3.63, 3.8) is 0 Å². The van der Waals surface area contributed by atoms with Crippen molar-refractivity contribution in [3.8, 4) is 0 Å². The van der Waals surface area contributed by atoms with Crippen LogP contribution in [0, 0.1) is 0 Å². The van der Waals surface area contributed by atoms with Crippen LogP contribution >= 0.6 is 15.9 Å². The summed E-state index contributed by atoms with van der Waals surface area (Å²) in [6, 6.07) is 1.42. The fourth-order valence-corrected chi connectivity index (χ4v) is 1.67. The molecule has 1 aromatic rings. The molecule has 0 spiro atoms. The molecule has 0 fully saturated rings. The van der Waals surface area contributed by atoms with Crippen LogP contribution < -0.4 is 10.7 Å². The van der Waals surface area contributed by atoms with Crippen molar-refractivity contribution in [2.24, 2.45) is 0 Å². The first-order valence-electron chi connectivity index (χ1n) is 5.19. The highest BCUT2D eigenvalue weighted by atomic mass is 79.9. The summed E-state index contributed by atoms with van der Waals surface area (Å²) in [6.45, 7) is 1.93. The van der Waals surface area contributed by atoms with Gasteiger partial charge in [0.2, 0.25) is 0 Å². The second kappa shape index (κ2) is 6.48. The van der Waals surface area contributed by atoms with E-state index < -0.39 is 0 Å². The van der Waals surface area contributed by atoms with Crippen molar-refractivity contribution in [2.75, 3.05) is 5.33 Å². The van der Waals surface area contributed by atoms with E-state index in [-0.39, 0.29) is 22.9 Å². The molecular weight excluding hydrogens is 272 g/mol. The molecule has 0 aliphatic heterocycles. The van der Waals surface area contributed by atoms with Crippen LogP contribution in [0.5, 0.6) is 0 Å². The van der Waals surface area contributed by atoms with Gasteiger partial charge in [-0.25, -0.2) is 0 Å². The molecule has 0 saturated heterocycles. The van der Waals surface area contributed by atoms with Crippen molar-refractivity contribution in [1.82, 2.24) is 10.3 Å². The van der Waals surface area contributed by atoms with Crippen LogP contribution in [0.2, 0.25) is 0 Å². The van der Waals surface area contributed by atoms with Crippen molar-refractivity contribution >= 4 is 21.8 Å². The van der Waals surface area contributed by atoms with Crippen LogP contribution in [-0.2, 0) is 0 Å². The monoisotopic (exact) mass is 286 g/mol. The van der Waals surface area contributed by atoms with Gasteiger partial charge in [-0.1, -0.05) is 15.9 Å². The van der Waals surface area contributed by atoms with E-state index in [1.165, 1.54) is 18.5 Å². The van der Waals surface area contributed by atoms with Gasteiger partial charge < -0.3 is 10.3 Å². The molecule has 16 heavy (non-hydrogen) atoms. The number of H-pyrrole nitrogens is 1. The number of carbonyl (C=O) groups excluding carboxylic acids is 1. The molecule has 1 unspecified atom stereocenters. The Kier molecular flexibility index (Phi) is 5.25. The highest BCUT2D eigenvalue weighted by Crippen LogP contribution is 2.00. The summed E-state index contributed by atoms with van der Waals surface area (Å²) in [6.07, 6.45) is 4.82. The smallest absolute Gasteiger partial charge is 0.256 e. The Labute approximate surface area is 103 Å². The zero-order valence-electron chi connectivity index (χ0n) is 9.13. The number of nitrogens with one attached hydrogen (secondary N) is 2. The zero-order chi connectivity index (χ0) is 12.0. The second-order valence-corrected chi connectivity index (χ2v) is 4.42. The fourth-order valence-electron chi connectivity index (χ4n) is 1.35. The van der Waals surface area contributed by atoms with Crippen LogP contribution in [0.4, 0.5) is 0 Å². The molecule has 1 heterocycles. The Morgan fingerprint density at radius 2 is 2.38 bits per heavy atom. The van der Waals surface area contributed by atoms with Gasteiger partial charge in [-0.3, -0.25) is 9.59 Å². The number of hydrogen-bond donors (Lipinski definition) is 2. The molecular formula is C11H15BrN2O2. The van der Waals surface area contributed by atoms with E-state index in [0.717, 1.165) is 18.2 Å². The number of carbonyl (C=O) groups is 1. The largest absolute Gasteiger partial charge is 0.367 e. The first-order valence-corrected chi connectivity index (χ1v) is 6.31. The van der Waals surface area contributed by atoms with Gasteiger partial charge in [-0.15, -0.1) is 0 Å². The van der Waals surface area contributed by atoms with Gasteiger partial charge in [-0.05, 0) is 19.8 Å². The molecule has 1 aromatic heterocycles. The maximum absolute atomic E-state index is 11.7. The van der Waals surface area contributed by atoms with E-state index in [9.17, 15) is 9.59 Å². The van der Waals surface area contributed by atoms with E-state index in [1.807, 2.05) is 6.92 Å². The predicted octanol–water partition coefficient (Wildman–Crippen LogP) is 1.67. The van der Waals surface area contributed by atoms with Gasteiger partial charge in [0.25, 0.3) is 5.91 Å². The number of amides is 1. The van der Waals surface area contributed by atoms with Gasteiger partial charge in [0.1, 0.15) is 5.56 Å². The van der Waals surface area contributed by atoms with E-state index in [4.69, 9.17) is 0 Å². The van der Waals surface area contributed by atoms with E-state index >= 15 is 0 Å². The van der Waals surface area contributed by atoms with Crippen LogP contribution in [0.1, 0.15) is 30.1 Å². The zero-order valence-corrected chi connectivity index (χ0v) is 10.7.